The predicted octanol–water partition coefficient (Wildman–Crippen LogP) is 3.17. The third-order valence-corrected chi connectivity index (χ3v) is 3.33. The molecule has 0 unspecified atom stereocenters. The molecule has 1 N–H and O–H groups in total. The van der Waals surface area contributed by atoms with Gasteiger partial charge in [-0.3, -0.25) is 4.79 Å². The number of fused-ring (bicyclic) bond motifs is 1. The molecule has 22 heavy (non-hydrogen) atoms. The molecule has 0 bridgehead atoms. The van der Waals surface area contributed by atoms with E-state index in [-0.39, 0.29) is 11.0 Å². The average molecular weight is 296 g/mol. The Morgan fingerprint density at radius 3 is 2.68 bits per heavy atom. The molecule has 0 aliphatic carbocycles. The van der Waals surface area contributed by atoms with E-state index in [1.165, 1.54) is 25.3 Å². The summed E-state index contributed by atoms with van der Waals surface area (Å²) < 4.78 is 10.9. The predicted molar refractivity (Wildman–Crippen MR) is 81.4 cm³/mol. The van der Waals surface area contributed by atoms with Crippen molar-refractivity contribution in [2.45, 2.75) is 0 Å². The van der Waals surface area contributed by atoms with Crippen molar-refractivity contribution in [3.8, 4) is 17.1 Å². The Kier molecular flexibility index (Phi) is 3.39. The van der Waals surface area contributed by atoms with E-state index in [4.69, 9.17) is 14.3 Å². The van der Waals surface area contributed by atoms with Crippen molar-refractivity contribution in [2.24, 2.45) is 0 Å². The summed E-state index contributed by atoms with van der Waals surface area (Å²) in [5.41, 5.74) is 0.856. The molecule has 110 valence electrons. The van der Waals surface area contributed by atoms with E-state index in [0.717, 1.165) is 0 Å². The van der Waals surface area contributed by atoms with Crippen LogP contribution in [0.4, 0.5) is 0 Å². The minimum atomic E-state index is -1.04. The molecule has 0 aliphatic rings. The molecule has 1 heterocycles. The standard InChI is InChI=1S/C17H12O5/c1-21-12-5-6-13-14(18)9-15(22-16(13)8-12)10-3-2-4-11(7-10)17(19)20/h2-9H,1H3,(H,19,20). The van der Waals surface area contributed by atoms with E-state index in [0.29, 0.717) is 28.0 Å². The maximum Gasteiger partial charge on any atom is 0.335 e. The van der Waals surface area contributed by atoms with Crippen LogP contribution in [0.2, 0.25) is 0 Å². The van der Waals surface area contributed by atoms with Gasteiger partial charge in [-0.25, -0.2) is 4.79 Å². The topological polar surface area (TPSA) is 76.7 Å². The van der Waals surface area contributed by atoms with Gasteiger partial charge in [0, 0.05) is 17.7 Å². The van der Waals surface area contributed by atoms with Crippen LogP contribution >= 0.6 is 0 Å². The molecule has 3 aromatic rings. The summed E-state index contributed by atoms with van der Waals surface area (Å²) in [5.74, 6) is -0.146. The van der Waals surface area contributed by atoms with Crippen molar-refractivity contribution in [1.82, 2.24) is 0 Å². The quantitative estimate of drug-likeness (QED) is 0.803. The van der Waals surface area contributed by atoms with Gasteiger partial charge in [0.05, 0.1) is 18.1 Å². The number of carboxylic acid groups (broad SMARTS) is 1. The van der Waals surface area contributed by atoms with E-state index >= 15 is 0 Å². The first-order valence-electron chi connectivity index (χ1n) is 6.54. The Labute approximate surface area is 125 Å². The molecule has 2 aromatic carbocycles. The molecule has 0 saturated heterocycles. The van der Waals surface area contributed by atoms with Crippen LogP contribution in [0.25, 0.3) is 22.3 Å². The number of ether oxygens (including phenoxy) is 1. The Morgan fingerprint density at radius 1 is 1.14 bits per heavy atom. The summed E-state index contributed by atoms with van der Waals surface area (Å²) in [6.45, 7) is 0. The molecule has 5 heteroatoms. The Hall–Kier alpha value is -3.08. The lowest BCUT2D eigenvalue weighted by Crippen LogP contribution is -2.01. The number of carbonyl (C=O) groups is 1. The van der Waals surface area contributed by atoms with Gasteiger partial charge in [-0.15, -0.1) is 0 Å². The molecule has 0 radical (unpaired) electrons. The summed E-state index contributed by atoms with van der Waals surface area (Å²) >= 11 is 0. The fourth-order valence-corrected chi connectivity index (χ4v) is 2.21. The summed E-state index contributed by atoms with van der Waals surface area (Å²) in [4.78, 5) is 23.2. The first-order valence-corrected chi connectivity index (χ1v) is 6.54. The van der Waals surface area contributed by atoms with E-state index < -0.39 is 5.97 Å². The molecule has 0 spiro atoms. The minimum Gasteiger partial charge on any atom is -0.497 e. The summed E-state index contributed by atoms with van der Waals surface area (Å²) in [7, 11) is 1.53. The fraction of sp³-hybridized carbons (Fsp3) is 0.0588. The maximum absolute atomic E-state index is 12.2. The highest BCUT2D eigenvalue weighted by molar-refractivity contribution is 5.89. The SMILES string of the molecule is COc1ccc2c(=O)cc(-c3cccc(C(=O)O)c3)oc2c1. The lowest BCUT2D eigenvalue weighted by molar-refractivity contribution is 0.0697. The molecule has 0 atom stereocenters. The Bertz CT molecular complexity index is 924. The van der Waals surface area contributed by atoms with Gasteiger partial charge in [0.25, 0.3) is 0 Å². The van der Waals surface area contributed by atoms with E-state index in [2.05, 4.69) is 0 Å². The van der Waals surface area contributed by atoms with Gasteiger partial charge in [-0.1, -0.05) is 12.1 Å². The Balaban J connectivity index is 2.21. The zero-order chi connectivity index (χ0) is 15.7. The molecule has 1 aromatic heterocycles. The molecular weight excluding hydrogens is 284 g/mol. The van der Waals surface area contributed by atoms with E-state index in [1.807, 2.05) is 0 Å². The van der Waals surface area contributed by atoms with Gasteiger partial charge < -0.3 is 14.3 Å². The van der Waals surface area contributed by atoms with Gasteiger partial charge in [0.2, 0.25) is 0 Å². The van der Waals surface area contributed by atoms with Gasteiger partial charge in [0.1, 0.15) is 17.1 Å². The molecule has 0 amide bonds. The number of benzene rings is 2. The second-order valence-electron chi connectivity index (χ2n) is 4.72. The van der Waals surface area contributed by atoms with Crippen molar-refractivity contribution in [2.75, 3.05) is 7.11 Å². The largest absolute Gasteiger partial charge is 0.497 e. The van der Waals surface area contributed by atoms with Crippen molar-refractivity contribution in [1.29, 1.82) is 0 Å². The molecular formula is C17H12O5. The number of hydrogen-bond donors (Lipinski definition) is 1. The van der Waals surface area contributed by atoms with Crippen molar-refractivity contribution < 1.29 is 19.1 Å². The van der Waals surface area contributed by atoms with Crippen LogP contribution in [-0.2, 0) is 0 Å². The van der Waals surface area contributed by atoms with Gasteiger partial charge >= 0.3 is 5.97 Å². The van der Waals surface area contributed by atoms with Crippen LogP contribution in [0, 0.1) is 0 Å². The third kappa shape index (κ3) is 2.44. The van der Waals surface area contributed by atoms with Crippen molar-refractivity contribution in [3.05, 3.63) is 64.3 Å². The molecule has 0 fully saturated rings. The molecule has 3 rings (SSSR count). The average Bonchev–Trinajstić information content (AvgIpc) is 2.54. The lowest BCUT2D eigenvalue weighted by atomic mass is 10.1. The first kappa shape index (κ1) is 13.9. The van der Waals surface area contributed by atoms with E-state index in [9.17, 15) is 9.59 Å². The van der Waals surface area contributed by atoms with Crippen molar-refractivity contribution in [3.63, 3.8) is 0 Å². The third-order valence-electron chi connectivity index (χ3n) is 3.33. The minimum absolute atomic E-state index is 0.130. The van der Waals surface area contributed by atoms with Crippen LogP contribution < -0.4 is 10.2 Å². The fourth-order valence-electron chi connectivity index (χ4n) is 2.21. The maximum atomic E-state index is 12.2. The number of methoxy groups -OCH3 is 1. The summed E-state index contributed by atoms with van der Waals surface area (Å²) in [6.07, 6.45) is 0. The van der Waals surface area contributed by atoms with Crippen LogP contribution in [0.15, 0.2) is 57.7 Å². The smallest absolute Gasteiger partial charge is 0.335 e. The zero-order valence-corrected chi connectivity index (χ0v) is 11.7. The van der Waals surface area contributed by atoms with Crippen LogP contribution in [0.1, 0.15) is 10.4 Å². The zero-order valence-electron chi connectivity index (χ0n) is 11.7. The van der Waals surface area contributed by atoms with Crippen LogP contribution in [0.3, 0.4) is 0 Å². The Morgan fingerprint density at radius 2 is 1.95 bits per heavy atom. The highest BCUT2D eigenvalue weighted by atomic mass is 16.5. The number of aromatic carboxylic acids is 1. The van der Waals surface area contributed by atoms with Crippen molar-refractivity contribution >= 4 is 16.9 Å². The van der Waals surface area contributed by atoms with Gasteiger partial charge in [0.15, 0.2) is 5.43 Å². The van der Waals surface area contributed by atoms with E-state index in [1.54, 1.807) is 30.3 Å². The monoisotopic (exact) mass is 296 g/mol. The normalized spacial score (nSPS) is 10.6. The first-order chi connectivity index (χ1) is 10.6. The highest BCUT2D eigenvalue weighted by Crippen LogP contribution is 2.25. The lowest BCUT2D eigenvalue weighted by Gasteiger charge is -2.05. The second-order valence-corrected chi connectivity index (χ2v) is 4.72. The summed E-state index contributed by atoms with van der Waals surface area (Å²) in [6, 6.07) is 12.5. The second kappa shape index (κ2) is 5.37. The molecule has 5 nitrogen and oxygen atoms in total. The van der Waals surface area contributed by atoms with Gasteiger partial charge in [-0.05, 0) is 24.3 Å². The van der Waals surface area contributed by atoms with Crippen LogP contribution in [-0.4, -0.2) is 18.2 Å². The molecule has 0 saturated carbocycles. The van der Waals surface area contributed by atoms with Gasteiger partial charge in [-0.2, -0.15) is 0 Å². The highest BCUT2D eigenvalue weighted by Gasteiger charge is 2.10. The van der Waals surface area contributed by atoms with Crippen LogP contribution in [0.5, 0.6) is 5.75 Å². The number of hydrogen-bond acceptors (Lipinski definition) is 4. The summed E-state index contributed by atoms with van der Waals surface area (Å²) in [5, 5.41) is 9.49. The number of carboxylic acids is 1. The molecule has 0 aliphatic heterocycles. The number of rotatable bonds is 3.